The van der Waals surface area contributed by atoms with E-state index in [9.17, 15) is 13.2 Å². The number of benzene rings is 1. The van der Waals surface area contributed by atoms with Gasteiger partial charge in [0.15, 0.2) is 5.82 Å². The van der Waals surface area contributed by atoms with Crippen molar-refractivity contribution in [2.75, 3.05) is 44.8 Å². The van der Waals surface area contributed by atoms with Gasteiger partial charge in [-0.15, -0.1) is 10.2 Å². The molecule has 0 bridgehead atoms. The van der Waals surface area contributed by atoms with Gasteiger partial charge in [0.05, 0.1) is 12.3 Å². The Balaban J connectivity index is 1.13. The first-order valence-corrected chi connectivity index (χ1v) is 12.7. The molecular weight excluding hydrogens is 457 g/mol. The van der Waals surface area contributed by atoms with Crippen LogP contribution >= 0.6 is 0 Å². The molecule has 1 unspecified atom stereocenters. The monoisotopic (exact) mass is 488 g/mol. The summed E-state index contributed by atoms with van der Waals surface area (Å²) >= 11 is 0. The molecule has 1 saturated carbocycles. The Hall–Kier alpha value is -2.39. The predicted molar refractivity (Wildman–Crippen MR) is 125 cm³/mol. The van der Waals surface area contributed by atoms with Gasteiger partial charge in [-0.25, -0.2) is 0 Å². The second-order valence-corrected chi connectivity index (χ2v) is 10.5. The van der Waals surface area contributed by atoms with Crippen molar-refractivity contribution in [1.82, 2.24) is 15.1 Å². The van der Waals surface area contributed by atoms with Gasteiger partial charge in [-0.3, -0.25) is 0 Å². The van der Waals surface area contributed by atoms with Crippen LogP contribution in [0.4, 0.5) is 19.0 Å². The summed E-state index contributed by atoms with van der Waals surface area (Å²) in [5.41, 5.74) is 1.09. The van der Waals surface area contributed by atoms with E-state index >= 15 is 0 Å². The molecule has 1 N–H and O–H groups in total. The summed E-state index contributed by atoms with van der Waals surface area (Å²) in [5.74, 6) is 2.40. The molecule has 4 heterocycles. The van der Waals surface area contributed by atoms with Crippen molar-refractivity contribution in [1.29, 1.82) is 0 Å². The Bertz CT molecular complexity index is 1060. The quantitative estimate of drug-likeness (QED) is 0.662. The van der Waals surface area contributed by atoms with Crippen LogP contribution in [0.3, 0.4) is 0 Å². The van der Waals surface area contributed by atoms with Crippen molar-refractivity contribution in [2.45, 2.75) is 44.3 Å². The molecule has 0 amide bonds. The third-order valence-corrected chi connectivity index (χ3v) is 8.11. The van der Waals surface area contributed by atoms with E-state index in [2.05, 4.69) is 20.4 Å². The summed E-state index contributed by atoms with van der Waals surface area (Å²) in [6.07, 6.45) is 0.246. The Morgan fingerprint density at radius 2 is 1.77 bits per heavy atom. The average molecular weight is 489 g/mol. The third-order valence-electron chi connectivity index (χ3n) is 8.11. The summed E-state index contributed by atoms with van der Waals surface area (Å²) in [6, 6.07) is 6.50. The van der Waals surface area contributed by atoms with Crippen LogP contribution in [0.2, 0.25) is 0 Å². The summed E-state index contributed by atoms with van der Waals surface area (Å²) in [5, 5.41) is 11.3. The Morgan fingerprint density at radius 3 is 2.51 bits per heavy atom. The molecule has 3 atom stereocenters. The maximum Gasteiger partial charge on any atom is 0.420 e. The van der Waals surface area contributed by atoms with Crippen LogP contribution in [0.5, 0.6) is 5.75 Å². The van der Waals surface area contributed by atoms with Gasteiger partial charge in [-0.2, -0.15) is 13.2 Å². The van der Waals surface area contributed by atoms with Gasteiger partial charge in [0.1, 0.15) is 11.3 Å². The summed E-state index contributed by atoms with van der Waals surface area (Å²) < 4.78 is 53.0. The molecule has 188 valence electrons. The number of halogens is 3. The Kier molecular flexibility index (Phi) is 6.08. The van der Waals surface area contributed by atoms with Gasteiger partial charge in [0.2, 0.25) is 0 Å². The van der Waals surface area contributed by atoms with Crippen molar-refractivity contribution in [3.05, 3.63) is 35.4 Å². The van der Waals surface area contributed by atoms with Gasteiger partial charge < -0.3 is 19.7 Å². The SMILES string of the molecule is FC(F)(F)c1cc(-c2ccc3c(c2)CCO3)nnc1NC1C[C@@H]2CN(CC3CCOCC3)C[C@@H]2C1. The minimum atomic E-state index is -4.51. The molecule has 0 radical (unpaired) electrons. The first-order valence-electron chi connectivity index (χ1n) is 12.7. The lowest BCUT2D eigenvalue weighted by Gasteiger charge is -2.28. The molecule has 2 aromatic rings. The number of aromatic nitrogens is 2. The predicted octanol–water partition coefficient (Wildman–Crippen LogP) is 4.65. The molecule has 4 aliphatic rings. The van der Waals surface area contributed by atoms with Crippen molar-refractivity contribution < 1.29 is 22.6 Å². The zero-order valence-corrected chi connectivity index (χ0v) is 19.7. The van der Waals surface area contributed by atoms with Crippen molar-refractivity contribution in [2.24, 2.45) is 17.8 Å². The van der Waals surface area contributed by atoms with E-state index in [0.717, 1.165) is 82.3 Å². The van der Waals surface area contributed by atoms with Crippen LogP contribution < -0.4 is 10.1 Å². The topological polar surface area (TPSA) is 59.5 Å². The smallest absolute Gasteiger partial charge is 0.420 e. The Morgan fingerprint density at radius 1 is 1.00 bits per heavy atom. The molecule has 1 aromatic heterocycles. The van der Waals surface area contributed by atoms with E-state index in [1.54, 1.807) is 12.1 Å². The van der Waals surface area contributed by atoms with Crippen LogP contribution in [-0.2, 0) is 17.3 Å². The average Bonchev–Trinajstić information content (AvgIpc) is 3.54. The lowest BCUT2D eigenvalue weighted by atomic mass is 10.00. The lowest BCUT2D eigenvalue weighted by molar-refractivity contribution is -0.137. The molecule has 3 aliphatic heterocycles. The van der Waals surface area contributed by atoms with Crippen LogP contribution in [0, 0.1) is 17.8 Å². The number of anilines is 1. The van der Waals surface area contributed by atoms with E-state index in [-0.39, 0.29) is 17.6 Å². The minimum absolute atomic E-state index is 0.00590. The van der Waals surface area contributed by atoms with Crippen molar-refractivity contribution in [3.8, 4) is 17.0 Å². The van der Waals surface area contributed by atoms with Crippen molar-refractivity contribution >= 4 is 5.82 Å². The number of rotatable bonds is 5. The van der Waals surface area contributed by atoms with Crippen LogP contribution in [-0.4, -0.2) is 60.6 Å². The Labute approximate surface area is 203 Å². The normalized spacial score (nSPS) is 27.0. The molecular formula is C26H31F3N4O2. The molecule has 6 nitrogen and oxygen atoms in total. The second kappa shape index (κ2) is 9.24. The molecule has 1 aromatic carbocycles. The fourth-order valence-corrected chi connectivity index (χ4v) is 6.35. The number of nitrogens with zero attached hydrogens (tertiary/aromatic N) is 3. The summed E-state index contributed by atoms with van der Waals surface area (Å²) in [6.45, 7) is 5.52. The highest BCUT2D eigenvalue weighted by Gasteiger charge is 2.43. The maximum absolute atomic E-state index is 14.0. The first-order chi connectivity index (χ1) is 16.9. The van der Waals surface area contributed by atoms with Gasteiger partial charge in [-0.05, 0) is 73.3 Å². The molecule has 3 fully saturated rings. The number of hydrogen-bond acceptors (Lipinski definition) is 6. The number of fused-ring (bicyclic) bond motifs is 2. The van der Waals surface area contributed by atoms with E-state index in [1.165, 1.54) is 0 Å². The standard InChI is InChI=1S/C26H31F3N4O2/c27-26(28,29)22-12-23(17-1-2-24-18(9-17)5-8-35-24)31-32-25(22)30-21-10-19-14-33(15-20(19)11-21)13-16-3-6-34-7-4-16/h1-2,9,12,16,19-21H,3-8,10-11,13-15H2,(H,30,32)/t19-,20+,21?. The largest absolute Gasteiger partial charge is 0.493 e. The summed E-state index contributed by atoms with van der Waals surface area (Å²) in [7, 11) is 0. The number of nitrogens with one attached hydrogen (secondary N) is 1. The number of likely N-dealkylation sites (tertiary alicyclic amines) is 1. The molecule has 35 heavy (non-hydrogen) atoms. The fraction of sp³-hybridized carbons (Fsp3) is 0.615. The molecule has 1 aliphatic carbocycles. The zero-order valence-electron chi connectivity index (χ0n) is 19.7. The van der Waals surface area contributed by atoms with Gasteiger partial charge in [0, 0.05) is 50.9 Å². The second-order valence-electron chi connectivity index (χ2n) is 10.5. The van der Waals surface area contributed by atoms with E-state index in [1.807, 2.05) is 6.07 Å². The zero-order chi connectivity index (χ0) is 24.0. The highest BCUT2D eigenvalue weighted by molar-refractivity contribution is 5.65. The van der Waals surface area contributed by atoms with E-state index in [4.69, 9.17) is 9.47 Å². The third kappa shape index (κ3) is 4.85. The number of hydrogen-bond donors (Lipinski definition) is 1. The van der Waals surface area contributed by atoms with Gasteiger partial charge in [-0.1, -0.05) is 0 Å². The van der Waals surface area contributed by atoms with Crippen LogP contribution in [0.15, 0.2) is 24.3 Å². The molecule has 0 spiro atoms. The van der Waals surface area contributed by atoms with Crippen LogP contribution in [0.1, 0.15) is 36.8 Å². The van der Waals surface area contributed by atoms with Gasteiger partial charge in [0.25, 0.3) is 0 Å². The van der Waals surface area contributed by atoms with E-state index < -0.39 is 11.7 Å². The lowest BCUT2D eigenvalue weighted by Crippen LogP contribution is -2.32. The summed E-state index contributed by atoms with van der Waals surface area (Å²) in [4.78, 5) is 2.55. The fourth-order valence-electron chi connectivity index (χ4n) is 6.35. The maximum atomic E-state index is 14.0. The molecule has 2 saturated heterocycles. The number of ether oxygens (including phenoxy) is 2. The van der Waals surface area contributed by atoms with Crippen LogP contribution in [0.25, 0.3) is 11.3 Å². The molecule has 9 heteroatoms. The first kappa shape index (κ1) is 23.0. The highest BCUT2D eigenvalue weighted by atomic mass is 19.4. The highest BCUT2D eigenvalue weighted by Crippen LogP contribution is 2.42. The molecule has 6 rings (SSSR count). The number of alkyl halides is 3. The van der Waals surface area contributed by atoms with Crippen molar-refractivity contribution in [3.63, 3.8) is 0 Å². The van der Waals surface area contributed by atoms with Gasteiger partial charge >= 0.3 is 6.18 Å². The minimum Gasteiger partial charge on any atom is -0.493 e. The van der Waals surface area contributed by atoms with E-state index in [0.29, 0.717) is 29.9 Å².